The van der Waals surface area contributed by atoms with Gasteiger partial charge in [0, 0.05) is 6.42 Å². The Morgan fingerprint density at radius 3 is 1.90 bits per heavy atom. The molecule has 0 bridgehead atoms. The fourth-order valence-corrected chi connectivity index (χ4v) is 5.53. The zero-order chi connectivity index (χ0) is 13.8. The molecule has 0 aliphatic heterocycles. The Morgan fingerprint density at radius 1 is 0.900 bits per heavy atom. The minimum Gasteiger partial charge on any atom is -0.407 e. The van der Waals surface area contributed by atoms with Gasteiger partial charge in [0.1, 0.15) is 0 Å². The second-order valence-corrected chi connectivity index (χ2v) is 8.43. The van der Waals surface area contributed by atoms with Gasteiger partial charge in [0.2, 0.25) is 9.04 Å². The Hall–Kier alpha value is -1.16. The average molecular weight is 345 g/mol. The van der Waals surface area contributed by atoms with E-state index >= 15 is 0 Å². The van der Waals surface area contributed by atoms with E-state index in [9.17, 15) is 0 Å². The van der Waals surface area contributed by atoms with E-state index in [0.717, 1.165) is 12.8 Å². The monoisotopic (exact) mass is 344 g/mol. The molecule has 3 rings (SSSR count). The molecule has 1 nitrogen and oxygen atoms in total. The highest BCUT2D eigenvalue weighted by molar-refractivity contribution is 9.11. The lowest BCUT2D eigenvalue weighted by Gasteiger charge is -2.22. The zero-order valence-electron chi connectivity index (χ0n) is 11.2. The molecule has 0 saturated heterocycles. The highest BCUT2D eigenvalue weighted by atomic mass is 79.9. The minimum absolute atomic E-state index is 0.321. The highest BCUT2D eigenvalue weighted by Gasteiger charge is 2.24. The molecule has 2 aromatic rings. The van der Waals surface area contributed by atoms with Gasteiger partial charge in [-0.15, -0.1) is 0 Å². The van der Waals surface area contributed by atoms with Crippen LogP contribution in [0.3, 0.4) is 0 Å². The Balaban J connectivity index is 1.85. The summed E-state index contributed by atoms with van der Waals surface area (Å²) in [7, 11) is -1.59. The van der Waals surface area contributed by atoms with Crippen molar-refractivity contribution in [1.82, 2.24) is 0 Å². The molecule has 3 heteroatoms. The van der Waals surface area contributed by atoms with Crippen LogP contribution in [0.4, 0.5) is 0 Å². The summed E-state index contributed by atoms with van der Waals surface area (Å²) in [6.45, 7) is 0. The summed E-state index contributed by atoms with van der Waals surface area (Å²) in [4.78, 5) is 0. The van der Waals surface area contributed by atoms with Crippen LogP contribution in [-0.2, 0) is 4.43 Å². The van der Waals surface area contributed by atoms with Crippen molar-refractivity contribution < 1.29 is 4.43 Å². The Kier molecular flexibility index (Phi) is 4.50. The minimum atomic E-state index is -1.59. The molecule has 0 spiro atoms. The normalized spacial score (nSPS) is 18.3. The smallest absolute Gasteiger partial charge is 0.240 e. The zero-order valence-corrected chi connectivity index (χ0v) is 13.9. The molecule has 0 heterocycles. The molecular weight excluding hydrogens is 328 g/mol. The van der Waals surface area contributed by atoms with Crippen molar-refractivity contribution >= 4 is 35.3 Å². The van der Waals surface area contributed by atoms with E-state index < -0.39 is 9.04 Å². The summed E-state index contributed by atoms with van der Waals surface area (Å²) < 4.78 is 7.79. The lowest BCUT2D eigenvalue weighted by Crippen LogP contribution is -2.46. The number of hydrogen-bond acceptors (Lipinski definition) is 1. The summed E-state index contributed by atoms with van der Waals surface area (Å²) in [5.74, 6) is 0. The Bertz CT molecular complexity index is 543. The molecule has 20 heavy (non-hydrogen) atoms. The molecule has 0 radical (unpaired) electrons. The van der Waals surface area contributed by atoms with Crippen LogP contribution in [0, 0.1) is 0 Å². The molecule has 1 aliphatic carbocycles. The van der Waals surface area contributed by atoms with Crippen LogP contribution >= 0.6 is 15.9 Å². The predicted molar refractivity (Wildman–Crippen MR) is 90.4 cm³/mol. The van der Waals surface area contributed by atoms with Crippen LogP contribution in [0.25, 0.3) is 0 Å². The lowest BCUT2D eigenvalue weighted by molar-refractivity contribution is 0.225. The first-order chi connectivity index (χ1) is 9.83. The molecule has 1 aliphatic rings. The fraction of sp³-hybridized carbons (Fsp3) is 0.176. The molecule has 102 valence electrons. The van der Waals surface area contributed by atoms with Crippen LogP contribution in [0.15, 0.2) is 71.2 Å². The van der Waals surface area contributed by atoms with Crippen LogP contribution in [-0.4, -0.2) is 15.1 Å². The van der Waals surface area contributed by atoms with Crippen molar-refractivity contribution in [1.29, 1.82) is 0 Å². The van der Waals surface area contributed by atoms with Crippen molar-refractivity contribution in [2.24, 2.45) is 0 Å². The molecule has 1 unspecified atom stereocenters. The van der Waals surface area contributed by atoms with Gasteiger partial charge in [-0.2, -0.15) is 0 Å². The van der Waals surface area contributed by atoms with Gasteiger partial charge < -0.3 is 4.43 Å². The first kappa shape index (κ1) is 13.8. The van der Waals surface area contributed by atoms with Crippen LogP contribution in [0.2, 0.25) is 0 Å². The SMILES string of the molecule is BrC1=CCC(O[SiH](c2ccccc2)c2ccccc2)C1. The van der Waals surface area contributed by atoms with Gasteiger partial charge in [0.15, 0.2) is 0 Å². The fourth-order valence-electron chi connectivity index (χ4n) is 2.54. The summed E-state index contributed by atoms with van der Waals surface area (Å²) in [6, 6.07) is 21.3. The standard InChI is InChI=1S/C17H17BrOSi/c18-14-11-12-15(13-14)19-20(16-7-3-1-4-8-16)17-9-5-2-6-10-17/h1-11,15,20H,12-13H2. The summed E-state index contributed by atoms with van der Waals surface area (Å²) in [5, 5.41) is 2.70. The van der Waals surface area contributed by atoms with E-state index in [4.69, 9.17) is 4.43 Å². The van der Waals surface area contributed by atoms with Crippen molar-refractivity contribution in [3.63, 3.8) is 0 Å². The number of benzene rings is 2. The summed E-state index contributed by atoms with van der Waals surface area (Å²) in [6.07, 6.45) is 4.57. The van der Waals surface area contributed by atoms with Crippen LogP contribution < -0.4 is 10.4 Å². The van der Waals surface area contributed by atoms with Crippen molar-refractivity contribution in [3.8, 4) is 0 Å². The number of rotatable bonds is 4. The maximum absolute atomic E-state index is 6.51. The topological polar surface area (TPSA) is 9.23 Å². The second kappa shape index (κ2) is 6.53. The van der Waals surface area contributed by atoms with Gasteiger partial charge in [0.25, 0.3) is 0 Å². The average Bonchev–Trinajstić information content (AvgIpc) is 2.92. The molecule has 2 aromatic carbocycles. The third-order valence-corrected chi connectivity index (χ3v) is 6.84. The first-order valence-electron chi connectivity index (χ1n) is 6.93. The van der Waals surface area contributed by atoms with Crippen LogP contribution in [0.1, 0.15) is 12.8 Å². The quantitative estimate of drug-likeness (QED) is 0.774. The van der Waals surface area contributed by atoms with E-state index in [0.29, 0.717) is 6.10 Å². The second-order valence-electron chi connectivity index (χ2n) is 5.05. The summed E-state index contributed by atoms with van der Waals surface area (Å²) >= 11 is 3.58. The van der Waals surface area contributed by atoms with E-state index in [2.05, 4.69) is 82.7 Å². The van der Waals surface area contributed by atoms with Gasteiger partial charge in [0.05, 0.1) is 6.10 Å². The van der Waals surface area contributed by atoms with E-state index in [1.54, 1.807) is 0 Å². The van der Waals surface area contributed by atoms with Crippen LogP contribution in [0.5, 0.6) is 0 Å². The molecule has 0 fully saturated rings. The van der Waals surface area contributed by atoms with E-state index in [-0.39, 0.29) is 0 Å². The molecular formula is C17H17BrOSi. The Labute approximate surface area is 130 Å². The highest BCUT2D eigenvalue weighted by Crippen LogP contribution is 2.26. The van der Waals surface area contributed by atoms with Gasteiger partial charge in [-0.3, -0.25) is 0 Å². The maximum atomic E-state index is 6.51. The molecule has 0 amide bonds. The van der Waals surface area contributed by atoms with Gasteiger partial charge in [-0.25, -0.2) is 0 Å². The third kappa shape index (κ3) is 3.29. The van der Waals surface area contributed by atoms with Gasteiger partial charge in [-0.05, 0) is 21.3 Å². The van der Waals surface area contributed by atoms with Crippen molar-refractivity contribution in [3.05, 3.63) is 71.2 Å². The lowest BCUT2D eigenvalue weighted by atomic mass is 10.3. The third-order valence-electron chi connectivity index (χ3n) is 3.56. The molecule has 0 N–H and O–H groups in total. The van der Waals surface area contributed by atoms with E-state index in [1.165, 1.54) is 14.9 Å². The van der Waals surface area contributed by atoms with Gasteiger partial charge >= 0.3 is 0 Å². The van der Waals surface area contributed by atoms with E-state index in [1.807, 2.05) is 0 Å². The predicted octanol–water partition coefficient (Wildman–Crippen LogP) is 2.98. The van der Waals surface area contributed by atoms with Gasteiger partial charge in [-0.1, -0.05) is 82.7 Å². The van der Waals surface area contributed by atoms with Crippen molar-refractivity contribution in [2.75, 3.05) is 0 Å². The molecule has 0 aromatic heterocycles. The summed E-state index contributed by atoms with van der Waals surface area (Å²) in [5.41, 5.74) is 0. The number of hydrogen-bond donors (Lipinski definition) is 0. The Morgan fingerprint density at radius 2 is 1.45 bits per heavy atom. The molecule has 0 saturated carbocycles. The maximum Gasteiger partial charge on any atom is 0.240 e. The number of halogens is 1. The molecule has 1 atom stereocenters. The first-order valence-corrected chi connectivity index (χ1v) is 9.35. The van der Waals surface area contributed by atoms with Crippen molar-refractivity contribution in [2.45, 2.75) is 18.9 Å². The largest absolute Gasteiger partial charge is 0.407 e.